The van der Waals surface area contributed by atoms with E-state index < -0.39 is 0 Å². The minimum atomic E-state index is 0.0571. The van der Waals surface area contributed by atoms with Crippen LogP contribution in [0.2, 0.25) is 0 Å². The molecule has 1 aromatic carbocycles. The molecule has 2 nitrogen and oxygen atoms in total. The molecule has 0 aromatic heterocycles. The second-order valence-corrected chi connectivity index (χ2v) is 7.44. The van der Waals surface area contributed by atoms with Crippen LogP contribution in [-0.2, 0) is 4.84 Å². The molecule has 0 bridgehead atoms. The molecular formula is C21H33NO. The van der Waals surface area contributed by atoms with E-state index in [-0.39, 0.29) is 5.60 Å². The van der Waals surface area contributed by atoms with Gasteiger partial charge >= 0.3 is 0 Å². The first kappa shape index (κ1) is 17.0. The van der Waals surface area contributed by atoms with Gasteiger partial charge < -0.3 is 0 Å². The van der Waals surface area contributed by atoms with E-state index in [2.05, 4.69) is 63.1 Å². The molecule has 1 aromatic rings. The summed E-state index contributed by atoms with van der Waals surface area (Å²) in [6.07, 6.45) is 6.10. The SMILES string of the molecule is CCC1CC(c2ccccc2)CC2C1N(CC)OC2(CC)CC. The molecule has 128 valence electrons. The summed E-state index contributed by atoms with van der Waals surface area (Å²) in [5, 5.41) is 2.34. The number of benzene rings is 1. The second-order valence-electron chi connectivity index (χ2n) is 7.44. The fourth-order valence-electron chi connectivity index (χ4n) is 5.28. The standard InChI is InChI=1S/C21H33NO/c1-5-16-14-18(17-12-10-9-11-13-17)15-19-20(16)22(8-4)23-21(19,6-2)7-3/h9-13,16,18-20H,5-8,14-15H2,1-4H3. The van der Waals surface area contributed by atoms with Crippen molar-refractivity contribution in [3.63, 3.8) is 0 Å². The summed E-state index contributed by atoms with van der Waals surface area (Å²) in [6, 6.07) is 11.8. The van der Waals surface area contributed by atoms with E-state index in [0.29, 0.717) is 17.9 Å². The largest absolute Gasteiger partial charge is 0.292 e. The Morgan fingerprint density at radius 1 is 1.04 bits per heavy atom. The van der Waals surface area contributed by atoms with Crippen molar-refractivity contribution in [2.24, 2.45) is 11.8 Å². The summed E-state index contributed by atoms with van der Waals surface area (Å²) in [4.78, 5) is 6.59. The molecule has 1 aliphatic carbocycles. The molecule has 1 heterocycles. The van der Waals surface area contributed by atoms with Gasteiger partial charge in [0.1, 0.15) is 0 Å². The van der Waals surface area contributed by atoms with Crippen molar-refractivity contribution in [1.29, 1.82) is 0 Å². The second kappa shape index (κ2) is 6.94. The summed E-state index contributed by atoms with van der Waals surface area (Å²) in [6.45, 7) is 10.2. The Hall–Kier alpha value is -0.860. The predicted octanol–water partition coefficient (Wildman–Crippen LogP) is 5.40. The molecule has 0 spiro atoms. The lowest BCUT2D eigenvalue weighted by Gasteiger charge is -2.43. The fraction of sp³-hybridized carbons (Fsp3) is 0.714. The first-order valence-corrected chi connectivity index (χ1v) is 9.69. The summed E-state index contributed by atoms with van der Waals surface area (Å²) < 4.78 is 0. The summed E-state index contributed by atoms with van der Waals surface area (Å²) in [5.74, 6) is 2.11. The Kier molecular flexibility index (Phi) is 5.13. The van der Waals surface area contributed by atoms with Crippen LogP contribution in [-0.4, -0.2) is 23.3 Å². The maximum atomic E-state index is 6.59. The maximum Gasteiger partial charge on any atom is 0.0938 e. The fourth-order valence-corrected chi connectivity index (χ4v) is 5.28. The quantitative estimate of drug-likeness (QED) is 0.721. The van der Waals surface area contributed by atoms with Crippen LogP contribution >= 0.6 is 0 Å². The van der Waals surface area contributed by atoms with Crippen molar-refractivity contribution in [2.75, 3.05) is 6.54 Å². The molecule has 2 aliphatic rings. The van der Waals surface area contributed by atoms with Gasteiger partial charge in [-0.25, -0.2) is 0 Å². The van der Waals surface area contributed by atoms with E-state index in [9.17, 15) is 0 Å². The van der Waals surface area contributed by atoms with Crippen LogP contribution in [0, 0.1) is 11.8 Å². The van der Waals surface area contributed by atoms with Gasteiger partial charge in [-0.3, -0.25) is 4.84 Å². The lowest BCUT2D eigenvalue weighted by Crippen LogP contribution is -2.45. The Morgan fingerprint density at radius 2 is 1.74 bits per heavy atom. The molecule has 1 saturated carbocycles. The average molecular weight is 316 g/mol. The molecular weight excluding hydrogens is 282 g/mol. The minimum Gasteiger partial charge on any atom is -0.292 e. The van der Waals surface area contributed by atoms with E-state index in [1.165, 1.54) is 24.8 Å². The van der Waals surface area contributed by atoms with Crippen LogP contribution in [0.1, 0.15) is 71.3 Å². The molecule has 2 fully saturated rings. The third kappa shape index (κ3) is 2.85. The highest BCUT2D eigenvalue weighted by Crippen LogP contribution is 2.54. The van der Waals surface area contributed by atoms with Gasteiger partial charge in [0.15, 0.2) is 0 Å². The highest BCUT2D eigenvalue weighted by Gasteiger charge is 2.56. The number of hydroxylamine groups is 2. The van der Waals surface area contributed by atoms with Crippen molar-refractivity contribution in [2.45, 2.75) is 77.4 Å². The Balaban J connectivity index is 1.94. The van der Waals surface area contributed by atoms with Crippen molar-refractivity contribution in [3.8, 4) is 0 Å². The highest BCUT2D eigenvalue weighted by atomic mass is 16.7. The number of hydrogen-bond donors (Lipinski definition) is 0. The van der Waals surface area contributed by atoms with Gasteiger partial charge in [0.25, 0.3) is 0 Å². The van der Waals surface area contributed by atoms with Crippen molar-refractivity contribution in [1.82, 2.24) is 5.06 Å². The predicted molar refractivity (Wildman–Crippen MR) is 96.3 cm³/mol. The number of fused-ring (bicyclic) bond motifs is 1. The number of nitrogens with zero attached hydrogens (tertiary/aromatic N) is 1. The summed E-state index contributed by atoms with van der Waals surface area (Å²) >= 11 is 0. The normalized spacial score (nSPS) is 33.6. The first-order chi connectivity index (χ1) is 11.2. The molecule has 0 radical (unpaired) electrons. The van der Waals surface area contributed by atoms with Crippen LogP contribution in [0.15, 0.2) is 30.3 Å². The molecule has 2 heteroatoms. The zero-order chi connectivity index (χ0) is 16.4. The Labute approximate surface area is 142 Å². The first-order valence-electron chi connectivity index (χ1n) is 9.69. The molecule has 1 aliphatic heterocycles. The van der Waals surface area contributed by atoms with Gasteiger partial charge in [-0.05, 0) is 43.1 Å². The summed E-state index contributed by atoms with van der Waals surface area (Å²) in [7, 11) is 0. The van der Waals surface area contributed by atoms with Crippen molar-refractivity contribution < 1.29 is 4.84 Å². The molecule has 0 N–H and O–H groups in total. The van der Waals surface area contributed by atoms with Crippen LogP contribution in [0.3, 0.4) is 0 Å². The lowest BCUT2D eigenvalue weighted by atomic mass is 9.63. The van der Waals surface area contributed by atoms with E-state index in [1.54, 1.807) is 0 Å². The molecule has 4 atom stereocenters. The van der Waals surface area contributed by atoms with Gasteiger partial charge in [-0.15, -0.1) is 0 Å². The third-order valence-corrected chi connectivity index (χ3v) is 6.63. The van der Waals surface area contributed by atoms with Gasteiger partial charge in [0.05, 0.1) is 5.60 Å². The van der Waals surface area contributed by atoms with Gasteiger partial charge in [0, 0.05) is 18.5 Å². The van der Waals surface area contributed by atoms with Crippen LogP contribution < -0.4 is 0 Å². The van der Waals surface area contributed by atoms with E-state index in [0.717, 1.165) is 25.3 Å². The molecule has 23 heavy (non-hydrogen) atoms. The molecule has 0 amide bonds. The van der Waals surface area contributed by atoms with Gasteiger partial charge in [-0.1, -0.05) is 64.4 Å². The lowest BCUT2D eigenvalue weighted by molar-refractivity contribution is -0.210. The van der Waals surface area contributed by atoms with Gasteiger partial charge in [0.2, 0.25) is 0 Å². The average Bonchev–Trinajstić information content (AvgIpc) is 2.96. The van der Waals surface area contributed by atoms with E-state index in [1.807, 2.05) is 0 Å². The third-order valence-electron chi connectivity index (χ3n) is 6.63. The monoisotopic (exact) mass is 315 g/mol. The van der Waals surface area contributed by atoms with Crippen LogP contribution in [0.5, 0.6) is 0 Å². The molecule has 3 rings (SSSR count). The van der Waals surface area contributed by atoms with Crippen LogP contribution in [0.25, 0.3) is 0 Å². The zero-order valence-corrected chi connectivity index (χ0v) is 15.3. The topological polar surface area (TPSA) is 12.5 Å². The Morgan fingerprint density at radius 3 is 2.30 bits per heavy atom. The van der Waals surface area contributed by atoms with Crippen molar-refractivity contribution in [3.05, 3.63) is 35.9 Å². The number of rotatable bonds is 5. The molecule has 4 unspecified atom stereocenters. The zero-order valence-electron chi connectivity index (χ0n) is 15.3. The smallest absolute Gasteiger partial charge is 0.0938 e. The maximum absolute atomic E-state index is 6.59. The van der Waals surface area contributed by atoms with Crippen LogP contribution in [0.4, 0.5) is 0 Å². The van der Waals surface area contributed by atoms with E-state index in [4.69, 9.17) is 4.84 Å². The van der Waals surface area contributed by atoms with Crippen molar-refractivity contribution >= 4 is 0 Å². The summed E-state index contributed by atoms with van der Waals surface area (Å²) in [5.41, 5.74) is 1.59. The molecule has 1 saturated heterocycles. The minimum absolute atomic E-state index is 0.0571. The highest BCUT2D eigenvalue weighted by molar-refractivity contribution is 5.22. The number of hydrogen-bond acceptors (Lipinski definition) is 2. The van der Waals surface area contributed by atoms with E-state index >= 15 is 0 Å². The van der Waals surface area contributed by atoms with Gasteiger partial charge in [-0.2, -0.15) is 5.06 Å². The Bertz CT molecular complexity index is 496.